The van der Waals surface area contributed by atoms with Gasteiger partial charge in [0, 0.05) is 0 Å². The largest absolute Gasteiger partial charge is 0.0885 e. The van der Waals surface area contributed by atoms with Crippen molar-refractivity contribution in [1.29, 1.82) is 0 Å². The molecule has 0 fully saturated rings. The first kappa shape index (κ1) is 21.7. The summed E-state index contributed by atoms with van der Waals surface area (Å²) in [4.78, 5) is 0. The van der Waals surface area contributed by atoms with Crippen LogP contribution in [0.5, 0.6) is 0 Å². The summed E-state index contributed by atoms with van der Waals surface area (Å²) in [5.41, 5.74) is 0. The van der Waals surface area contributed by atoms with Gasteiger partial charge in [-0.3, -0.25) is 0 Å². The lowest BCUT2D eigenvalue weighted by Crippen LogP contribution is -1.87. The molecule has 0 bridgehead atoms. The molecule has 0 aliphatic carbocycles. The van der Waals surface area contributed by atoms with Crippen molar-refractivity contribution in [2.45, 2.75) is 118 Å². The number of allylic oxidation sites excluding steroid dienone is 2. The van der Waals surface area contributed by atoms with Crippen LogP contribution in [0.2, 0.25) is 0 Å². The third kappa shape index (κ3) is 19.7. The van der Waals surface area contributed by atoms with Gasteiger partial charge in [-0.1, -0.05) is 104 Å². The Labute approximate surface area is 142 Å². The SMILES string of the molecule is CC(C)CCCCCCC/C=C/CCCCCCCC(C)C. The van der Waals surface area contributed by atoms with Crippen molar-refractivity contribution >= 4 is 0 Å². The summed E-state index contributed by atoms with van der Waals surface area (Å²) in [6.07, 6.45) is 24.6. The average molecular weight is 309 g/mol. The fraction of sp³-hybridized carbons (Fsp3) is 0.909. The molecule has 0 radical (unpaired) electrons. The van der Waals surface area contributed by atoms with Gasteiger partial charge >= 0.3 is 0 Å². The Kier molecular flexibility index (Phi) is 16.9. The van der Waals surface area contributed by atoms with Crippen LogP contribution in [-0.2, 0) is 0 Å². The van der Waals surface area contributed by atoms with Crippen molar-refractivity contribution in [2.75, 3.05) is 0 Å². The van der Waals surface area contributed by atoms with Crippen LogP contribution < -0.4 is 0 Å². The van der Waals surface area contributed by atoms with E-state index in [-0.39, 0.29) is 0 Å². The molecule has 0 rings (SSSR count). The van der Waals surface area contributed by atoms with Crippen molar-refractivity contribution in [3.05, 3.63) is 12.2 Å². The van der Waals surface area contributed by atoms with E-state index >= 15 is 0 Å². The van der Waals surface area contributed by atoms with Crippen LogP contribution in [0.15, 0.2) is 12.2 Å². The Morgan fingerprint density at radius 2 is 0.773 bits per heavy atom. The van der Waals surface area contributed by atoms with Crippen LogP contribution in [0.4, 0.5) is 0 Å². The van der Waals surface area contributed by atoms with Crippen LogP contribution in [0.25, 0.3) is 0 Å². The molecule has 0 amide bonds. The van der Waals surface area contributed by atoms with Gasteiger partial charge < -0.3 is 0 Å². The molecule has 0 heterocycles. The zero-order valence-corrected chi connectivity index (χ0v) is 16.2. The lowest BCUT2D eigenvalue weighted by molar-refractivity contribution is 0.515. The average Bonchev–Trinajstić information content (AvgIpc) is 2.46. The maximum Gasteiger partial charge on any atom is -0.0351 e. The quantitative estimate of drug-likeness (QED) is 0.198. The Hall–Kier alpha value is -0.260. The molecule has 0 aliphatic rings. The lowest BCUT2D eigenvalue weighted by Gasteiger charge is -2.04. The summed E-state index contributed by atoms with van der Waals surface area (Å²) in [5.74, 6) is 1.77. The van der Waals surface area contributed by atoms with Gasteiger partial charge in [-0.2, -0.15) is 0 Å². The van der Waals surface area contributed by atoms with E-state index in [0.29, 0.717) is 0 Å². The van der Waals surface area contributed by atoms with Gasteiger partial charge in [-0.05, 0) is 37.5 Å². The Balaban J connectivity index is 3.09. The normalized spacial score (nSPS) is 12.1. The van der Waals surface area contributed by atoms with Crippen molar-refractivity contribution in [3.63, 3.8) is 0 Å². The van der Waals surface area contributed by atoms with Gasteiger partial charge in [0.25, 0.3) is 0 Å². The summed E-state index contributed by atoms with van der Waals surface area (Å²) in [7, 11) is 0. The number of hydrogen-bond donors (Lipinski definition) is 0. The first-order valence-electron chi connectivity index (χ1n) is 10.3. The summed E-state index contributed by atoms with van der Waals surface area (Å²) >= 11 is 0. The van der Waals surface area contributed by atoms with E-state index in [1.165, 1.54) is 89.9 Å². The Bertz CT molecular complexity index is 200. The third-order valence-corrected chi connectivity index (χ3v) is 4.47. The second kappa shape index (κ2) is 17.1. The van der Waals surface area contributed by atoms with E-state index in [1.54, 1.807) is 0 Å². The number of unbranched alkanes of at least 4 members (excludes halogenated alkanes) is 10. The second-order valence-corrected chi connectivity index (χ2v) is 7.95. The summed E-state index contributed by atoms with van der Waals surface area (Å²) in [6, 6.07) is 0. The van der Waals surface area contributed by atoms with Crippen LogP contribution in [0.1, 0.15) is 118 Å². The molecule has 0 aromatic heterocycles. The molecule has 0 aromatic carbocycles. The second-order valence-electron chi connectivity index (χ2n) is 7.95. The molecule has 0 nitrogen and oxygen atoms in total. The molecule has 0 atom stereocenters. The molecule has 0 aliphatic heterocycles. The van der Waals surface area contributed by atoms with E-state index in [2.05, 4.69) is 39.8 Å². The van der Waals surface area contributed by atoms with Gasteiger partial charge in [0.1, 0.15) is 0 Å². The van der Waals surface area contributed by atoms with E-state index in [9.17, 15) is 0 Å². The monoisotopic (exact) mass is 308 g/mol. The molecule has 132 valence electrons. The van der Waals surface area contributed by atoms with Crippen molar-refractivity contribution in [2.24, 2.45) is 11.8 Å². The highest BCUT2D eigenvalue weighted by molar-refractivity contribution is 4.81. The first-order valence-corrected chi connectivity index (χ1v) is 10.3. The Morgan fingerprint density at radius 1 is 0.455 bits per heavy atom. The highest BCUT2D eigenvalue weighted by atomic mass is 14.0. The zero-order chi connectivity index (χ0) is 16.5. The zero-order valence-electron chi connectivity index (χ0n) is 16.2. The van der Waals surface area contributed by atoms with Crippen LogP contribution in [0.3, 0.4) is 0 Å². The van der Waals surface area contributed by atoms with Crippen molar-refractivity contribution in [1.82, 2.24) is 0 Å². The van der Waals surface area contributed by atoms with Gasteiger partial charge in [0.2, 0.25) is 0 Å². The molecule has 0 saturated carbocycles. The summed E-state index contributed by atoms with van der Waals surface area (Å²) in [6.45, 7) is 9.32. The van der Waals surface area contributed by atoms with Crippen molar-refractivity contribution < 1.29 is 0 Å². The van der Waals surface area contributed by atoms with Gasteiger partial charge in [0.15, 0.2) is 0 Å². The molecular weight excluding hydrogens is 264 g/mol. The highest BCUT2D eigenvalue weighted by Crippen LogP contribution is 2.13. The Morgan fingerprint density at radius 3 is 1.14 bits per heavy atom. The first-order chi connectivity index (χ1) is 10.6. The predicted molar refractivity (Wildman–Crippen MR) is 103 cm³/mol. The van der Waals surface area contributed by atoms with Crippen LogP contribution in [0, 0.1) is 11.8 Å². The molecule has 0 heteroatoms. The molecule has 0 unspecified atom stereocenters. The molecule has 0 spiro atoms. The topological polar surface area (TPSA) is 0 Å². The van der Waals surface area contributed by atoms with Gasteiger partial charge in [-0.15, -0.1) is 0 Å². The summed E-state index contributed by atoms with van der Waals surface area (Å²) in [5, 5.41) is 0. The van der Waals surface area contributed by atoms with Crippen LogP contribution in [-0.4, -0.2) is 0 Å². The summed E-state index contributed by atoms with van der Waals surface area (Å²) < 4.78 is 0. The van der Waals surface area contributed by atoms with Gasteiger partial charge in [-0.25, -0.2) is 0 Å². The number of rotatable bonds is 16. The van der Waals surface area contributed by atoms with Crippen LogP contribution >= 0.6 is 0 Å². The fourth-order valence-corrected chi connectivity index (χ4v) is 2.93. The maximum atomic E-state index is 2.42. The van der Waals surface area contributed by atoms with Gasteiger partial charge in [0.05, 0.1) is 0 Å². The molecule has 0 N–H and O–H groups in total. The smallest absolute Gasteiger partial charge is 0.0351 e. The standard InChI is InChI=1S/C22H44/c1-21(2)19-17-15-13-11-9-7-5-6-8-10-12-14-16-18-20-22(3)4/h5-6,21-22H,7-20H2,1-4H3/b6-5+. The predicted octanol–water partition coefficient (Wildman–Crippen LogP) is 8.32. The molecule has 22 heavy (non-hydrogen) atoms. The lowest BCUT2D eigenvalue weighted by atomic mass is 10.0. The molecule has 0 aromatic rings. The van der Waals surface area contributed by atoms with E-state index in [0.717, 1.165) is 11.8 Å². The minimum atomic E-state index is 0.887. The van der Waals surface area contributed by atoms with E-state index in [1.807, 2.05) is 0 Å². The highest BCUT2D eigenvalue weighted by Gasteiger charge is 1.95. The number of hydrogen-bond acceptors (Lipinski definition) is 0. The van der Waals surface area contributed by atoms with E-state index < -0.39 is 0 Å². The maximum absolute atomic E-state index is 2.42. The molecule has 0 saturated heterocycles. The van der Waals surface area contributed by atoms with Crippen molar-refractivity contribution in [3.8, 4) is 0 Å². The molecular formula is C22H44. The third-order valence-electron chi connectivity index (χ3n) is 4.47. The fourth-order valence-electron chi connectivity index (χ4n) is 2.93. The minimum Gasteiger partial charge on any atom is -0.0885 e. The minimum absolute atomic E-state index is 0.887. The van der Waals surface area contributed by atoms with E-state index in [4.69, 9.17) is 0 Å².